The van der Waals surface area contributed by atoms with Gasteiger partial charge in [-0.25, -0.2) is 0 Å². The van der Waals surface area contributed by atoms with Crippen LogP contribution in [0, 0.1) is 13.8 Å². The molecule has 1 aromatic carbocycles. The molecule has 1 aliphatic heterocycles. The number of nitrogens with one attached hydrogen (secondary N) is 1. The van der Waals surface area contributed by atoms with Gasteiger partial charge in [0.1, 0.15) is 12.4 Å². The van der Waals surface area contributed by atoms with Crippen LogP contribution in [0.1, 0.15) is 34.3 Å². The lowest BCUT2D eigenvalue weighted by Crippen LogP contribution is -2.45. The SMILES string of the molecule is Cc1ccc(C)c(OCCNC2CCN(C(=O)c3ccncc3)CC2)c1.Cl. The summed E-state index contributed by atoms with van der Waals surface area (Å²) < 4.78 is 5.89. The third-order valence-corrected chi connectivity index (χ3v) is 4.85. The van der Waals surface area contributed by atoms with Gasteiger partial charge in [-0.15, -0.1) is 12.4 Å². The molecule has 1 aliphatic rings. The molecule has 0 radical (unpaired) electrons. The monoisotopic (exact) mass is 389 g/mol. The van der Waals surface area contributed by atoms with E-state index >= 15 is 0 Å². The molecule has 1 N–H and O–H groups in total. The maximum absolute atomic E-state index is 12.4. The summed E-state index contributed by atoms with van der Waals surface area (Å²) in [6, 6.07) is 10.3. The number of hydrogen-bond acceptors (Lipinski definition) is 4. The van der Waals surface area contributed by atoms with Gasteiger partial charge in [0.2, 0.25) is 0 Å². The van der Waals surface area contributed by atoms with Gasteiger partial charge in [0, 0.05) is 43.6 Å². The van der Waals surface area contributed by atoms with Crippen molar-refractivity contribution in [3.05, 3.63) is 59.4 Å². The normalized spacial score (nSPS) is 14.5. The van der Waals surface area contributed by atoms with Gasteiger partial charge < -0.3 is 15.0 Å². The van der Waals surface area contributed by atoms with Crippen LogP contribution in [0.4, 0.5) is 0 Å². The molecule has 0 saturated carbocycles. The molecule has 2 heterocycles. The second kappa shape index (κ2) is 10.3. The maximum atomic E-state index is 12.4. The number of nitrogens with zero attached hydrogens (tertiary/aromatic N) is 2. The van der Waals surface area contributed by atoms with Gasteiger partial charge in [-0.3, -0.25) is 9.78 Å². The first-order valence-corrected chi connectivity index (χ1v) is 9.26. The predicted molar refractivity (Wildman–Crippen MR) is 110 cm³/mol. The number of pyridine rings is 1. The van der Waals surface area contributed by atoms with Gasteiger partial charge in [-0.05, 0) is 56.0 Å². The lowest BCUT2D eigenvalue weighted by Gasteiger charge is -2.32. The molecule has 1 saturated heterocycles. The number of hydrogen-bond donors (Lipinski definition) is 1. The van der Waals surface area contributed by atoms with Crippen molar-refractivity contribution >= 4 is 18.3 Å². The molecule has 1 amide bonds. The van der Waals surface area contributed by atoms with Crippen molar-refractivity contribution in [2.24, 2.45) is 0 Å². The first-order chi connectivity index (χ1) is 12.6. The molecule has 3 rings (SSSR count). The highest BCUT2D eigenvalue weighted by molar-refractivity contribution is 5.94. The molecule has 0 aliphatic carbocycles. The van der Waals surface area contributed by atoms with E-state index < -0.39 is 0 Å². The molecular formula is C21H28ClN3O2. The Balaban J connectivity index is 0.00000261. The lowest BCUT2D eigenvalue weighted by molar-refractivity contribution is 0.0704. The number of piperidine rings is 1. The van der Waals surface area contributed by atoms with E-state index in [4.69, 9.17) is 4.74 Å². The summed E-state index contributed by atoms with van der Waals surface area (Å²) >= 11 is 0. The zero-order valence-electron chi connectivity index (χ0n) is 16.0. The minimum atomic E-state index is 0. The van der Waals surface area contributed by atoms with Gasteiger partial charge in [0.05, 0.1) is 0 Å². The summed E-state index contributed by atoms with van der Waals surface area (Å²) in [6.07, 6.45) is 5.27. The highest BCUT2D eigenvalue weighted by Gasteiger charge is 2.23. The largest absolute Gasteiger partial charge is 0.492 e. The number of aryl methyl sites for hydroxylation is 2. The Morgan fingerprint density at radius 1 is 1.19 bits per heavy atom. The molecule has 0 spiro atoms. The van der Waals surface area contributed by atoms with Crippen molar-refractivity contribution in [1.82, 2.24) is 15.2 Å². The summed E-state index contributed by atoms with van der Waals surface area (Å²) in [4.78, 5) is 18.3. The zero-order chi connectivity index (χ0) is 18.4. The van der Waals surface area contributed by atoms with Crippen molar-refractivity contribution in [3.8, 4) is 5.75 Å². The fourth-order valence-corrected chi connectivity index (χ4v) is 3.25. The second-order valence-electron chi connectivity index (χ2n) is 6.87. The molecule has 146 valence electrons. The summed E-state index contributed by atoms with van der Waals surface area (Å²) in [7, 11) is 0. The fourth-order valence-electron chi connectivity index (χ4n) is 3.25. The maximum Gasteiger partial charge on any atom is 0.253 e. The number of benzene rings is 1. The fraction of sp³-hybridized carbons (Fsp3) is 0.429. The molecule has 0 atom stereocenters. The molecular weight excluding hydrogens is 362 g/mol. The minimum Gasteiger partial charge on any atom is -0.492 e. The Kier molecular flexibility index (Phi) is 8.07. The number of carbonyl (C=O) groups is 1. The van der Waals surface area contributed by atoms with E-state index in [0.717, 1.165) is 38.2 Å². The van der Waals surface area contributed by atoms with E-state index in [1.807, 2.05) is 4.90 Å². The third kappa shape index (κ3) is 5.94. The number of rotatable bonds is 6. The number of ether oxygens (including phenoxy) is 1. The summed E-state index contributed by atoms with van der Waals surface area (Å²) in [5.74, 6) is 1.06. The van der Waals surface area contributed by atoms with Crippen LogP contribution in [0.15, 0.2) is 42.7 Å². The average Bonchev–Trinajstić information content (AvgIpc) is 2.68. The predicted octanol–water partition coefficient (Wildman–Crippen LogP) is 3.39. The van der Waals surface area contributed by atoms with E-state index in [9.17, 15) is 4.79 Å². The van der Waals surface area contributed by atoms with Crippen molar-refractivity contribution < 1.29 is 9.53 Å². The van der Waals surface area contributed by atoms with Crippen molar-refractivity contribution in [1.29, 1.82) is 0 Å². The van der Waals surface area contributed by atoms with Crippen LogP contribution in [0.25, 0.3) is 0 Å². The summed E-state index contributed by atoms with van der Waals surface area (Å²) in [5.41, 5.74) is 3.09. The molecule has 27 heavy (non-hydrogen) atoms. The van der Waals surface area contributed by atoms with Crippen LogP contribution in [-0.4, -0.2) is 48.1 Å². The van der Waals surface area contributed by atoms with E-state index in [1.165, 1.54) is 11.1 Å². The first-order valence-electron chi connectivity index (χ1n) is 9.26. The Morgan fingerprint density at radius 2 is 1.89 bits per heavy atom. The van der Waals surface area contributed by atoms with Crippen LogP contribution in [0.5, 0.6) is 5.75 Å². The smallest absolute Gasteiger partial charge is 0.253 e. The molecule has 2 aromatic rings. The summed E-state index contributed by atoms with van der Waals surface area (Å²) in [5, 5.41) is 3.55. The van der Waals surface area contributed by atoms with Gasteiger partial charge in [-0.1, -0.05) is 12.1 Å². The Hall–Kier alpha value is -2.11. The standard InChI is InChI=1S/C21H27N3O2.ClH/c1-16-3-4-17(2)20(15-16)26-14-11-23-19-7-12-24(13-8-19)21(25)18-5-9-22-10-6-18;/h3-6,9-10,15,19,23H,7-8,11-14H2,1-2H3;1H. The van der Waals surface area contributed by atoms with Gasteiger partial charge in [0.15, 0.2) is 0 Å². The van der Waals surface area contributed by atoms with E-state index in [0.29, 0.717) is 18.2 Å². The number of carbonyl (C=O) groups excluding carboxylic acids is 1. The molecule has 0 bridgehead atoms. The highest BCUT2D eigenvalue weighted by atomic mass is 35.5. The number of aromatic nitrogens is 1. The van der Waals surface area contributed by atoms with Crippen LogP contribution in [0.3, 0.4) is 0 Å². The second-order valence-corrected chi connectivity index (χ2v) is 6.87. The van der Waals surface area contributed by atoms with Gasteiger partial charge in [0.25, 0.3) is 5.91 Å². The quantitative estimate of drug-likeness (QED) is 0.769. The Morgan fingerprint density at radius 3 is 2.59 bits per heavy atom. The third-order valence-electron chi connectivity index (χ3n) is 4.85. The molecule has 6 heteroatoms. The van der Waals surface area contributed by atoms with Crippen molar-refractivity contribution in [3.63, 3.8) is 0 Å². The molecule has 1 aromatic heterocycles. The highest BCUT2D eigenvalue weighted by Crippen LogP contribution is 2.19. The van der Waals surface area contributed by atoms with Gasteiger partial charge in [-0.2, -0.15) is 0 Å². The number of likely N-dealkylation sites (tertiary alicyclic amines) is 1. The van der Waals surface area contributed by atoms with E-state index in [-0.39, 0.29) is 18.3 Å². The number of amides is 1. The summed E-state index contributed by atoms with van der Waals surface area (Å²) in [6.45, 7) is 7.19. The van der Waals surface area contributed by atoms with E-state index in [1.54, 1.807) is 24.5 Å². The molecule has 5 nitrogen and oxygen atoms in total. The molecule has 1 fully saturated rings. The Labute approximate surface area is 167 Å². The first kappa shape index (κ1) is 21.2. The Bertz CT molecular complexity index is 731. The molecule has 0 unspecified atom stereocenters. The number of halogens is 1. The minimum absolute atomic E-state index is 0. The van der Waals surface area contributed by atoms with Gasteiger partial charge >= 0.3 is 0 Å². The van der Waals surface area contributed by atoms with E-state index in [2.05, 4.69) is 42.3 Å². The van der Waals surface area contributed by atoms with Crippen molar-refractivity contribution in [2.45, 2.75) is 32.7 Å². The topological polar surface area (TPSA) is 54.5 Å². The van der Waals surface area contributed by atoms with Crippen LogP contribution in [-0.2, 0) is 0 Å². The van der Waals surface area contributed by atoms with Crippen LogP contribution >= 0.6 is 12.4 Å². The lowest BCUT2D eigenvalue weighted by atomic mass is 10.0. The van der Waals surface area contributed by atoms with Crippen LogP contribution in [0.2, 0.25) is 0 Å². The van der Waals surface area contributed by atoms with Crippen molar-refractivity contribution in [2.75, 3.05) is 26.2 Å². The average molecular weight is 390 g/mol. The zero-order valence-corrected chi connectivity index (χ0v) is 16.8. The van der Waals surface area contributed by atoms with Crippen LogP contribution < -0.4 is 10.1 Å².